The van der Waals surface area contributed by atoms with E-state index in [0.29, 0.717) is 17.8 Å². The number of amides is 2. The van der Waals surface area contributed by atoms with Crippen molar-refractivity contribution in [2.75, 3.05) is 5.32 Å². The molecule has 4 aromatic rings. The highest BCUT2D eigenvalue weighted by Gasteiger charge is 2.26. The first-order valence-corrected chi connectivity index (χ1v) is 13.7. The Morgan fingerprint density at radius 2 is 1.59 bits per heavy atom. The number of hydrogen-bond donors (Lipinski definition) is 4. The second-order valence-electron chi connectivity index (χ2n) is 8.22. The molecular weight excluding hydrogens is 510 g/mol. The fraction of sp³-hybridized carbons (Fsp3) is 0.111. The molecule has 3 aromatic carbocycles. The van der Waals surface area contributed by atoms with E-state index in [-0.39, 0.29) is 16.7 Å². The number of carbonyl (C=O) groups excluding carboxylic acids is 1. The molecule has 190 valence electrons. The van der Waals surface area contributed by atoms with Crippen LogP contribution in [-0.4, -0.2) is 31.6 Å². The first-order valence-electron chi connectivity index (χ1n) is 11.4. The quantitative estimate of drug-likeness (QED) is 0.234. The molecule has 0 aliphatic heterocycles. The number of carboxylic acids is 1. The number of urea groups is 1. The Labute approximate surface area is 219 Å². The summed E-state index contributed by atoms with van der Waals surface area (Å²) in [5.41, 5.74) is 4.01. The van der Waals surface area contributed by atoms with Gasteiger partial charge in [0.1, 0.15) is 10.3 Å². The Morgan fingerprint density at radius 3 is 2.27 bits per heavy atom. The largest absolute Gasteiger partial charge is 0.480 e. The van der Waals surface area contributed by atoms with Crippen molar-refractivity contribution in [3.63, 3.8) is 0 Å². The van der Waals surface area contributed by atoms with E-state index >= 15 is 0 Å². The third kappa shape index (κ3) is 7.26. The number of thiophene rings is 1. The summed E-state index contributed by atoms with van der Waals surface area (Å²) in [6, 6.07) is 25.5. The first kappa shape index (κ1) is 26.1. The van der Waals surface area contributed by atoms with Gasteiger partial charge in [-0.15, -0.1) is 11.3 Å². The lowest BCUT2D eigenvalue weighted by Crippen LogP contribution is -2.42. The first-order chi connectivity index (χ1) is 17.8. The molecule has 0 bridgehead atoms. The monoisotopic (exact) mass is 535 g/mol. The van der Waals surface area contributed by atoms with E-state index in [9.17, 15) is 23.1 Å². The zero-order chi connectivity index (χ0) is 26.3. The summed E-state index contributed by atoms with van der Waals surface area (Å²) in [4.78, 5) is 24.0. The van der Waals surface area contributed by atoms with Crippen LogP contribution in [0.15, 0.2) is 101 Å². The van der Waals surface area contributed by atoms with Crippen LogP contribution >= 0.6 is 11.3 Å². The molecule has 0 saturated heterocycles. The van der Waals surface area contributed by atoms with Crippen LogP contribution in [0.4, 0.5) is 10.5 Å². The number of aliphatic carboxylic acids is 1. The number of carboxylic acid groups (broad SMARTS) is 1. The molecule has 4 N–H and O–H groups in total. The lowest BCUT2D eigenvalue weighted by molar-refractivity contribution is -0.138. The number of sulfonamides is 1. The maximum atomic E-state index is 12.5. The van der Waals surface area contributed by atoms with E-state index in [1.807, 2.05) is 60.7 Å². The van der Waals surface area contributed by atoms with Gasteiger partial charge in [-0.25, -0.2) is 13.2 Å². The molecule has 1 aromatic heterocycles. The zero-order valence-corrected chi connectivity index (χ0v) is 21.3. The van der Waals surface area contributed by atoms with E-state index in [0.717, 1.165) is 28.0 Å². The smallest absolute Gasteiger partial charge is 0.322 e. The number of hydrogen-bond acceptors (Lipinski definition) is 5. The summed E-state index contributed by atoms with van der Waals surface area (Å²) in [5, 5.41) is 16.8. The average Bonchev–Trinajstić information content (AvgIpc) is 3.45. The Morgan fingerprint density at radius 1 is 0.838 bits per heavy atom. The zero-order valence-electron chi connectivity index (χ0n) is 19.6. The molecule has 1 heterocycles. The standard InChI is InChI=1S/C27H25N3O5S2/c31-26(32)24(30-37(34,35)25-10-5-15-36-25)16-19-11-13-21(14-12-19)22-8-4-9-23(17-22)29-27(33)28-18-20-6-2-1-3-7-20/h1-15,17,24,30H,16,18H2,(H,31,32)(H2,28,29,33). The van der Waals surface area contributed by atoms with E-state index < -0.39 is 22.0 Å². The minimum Gasteiger partial charge on any atom is -0.480 e. The van der Waals surface area contributed by atoms with Crippen LogP contribution in [0.2, 0.25) is 0 Å². The Kier molecular flexibility index (Phi) is 8.34. The molecule has 37 heavy (non-hydrogen) atoms. The van der Waals surface area contributed by atoms with Crippen molar-refractivity contribution in [1.82, 2.24) is 10.0 Å². The van der Waals surface area contributed by atoms with Gasteiger partial charge in [0.15, 0.2) is 0 Å². The maximum Gasteiger partial charge on any atom is 0.322 e. The van der Waals surface area contributed by atoms with Crippen molar-refractivity contribution in [3.8, 4) is 11.1 Å². The normalized spacial score (nSPS) is 12.0. The summed E-state index contributed by atoms with van der Waals surface area (Å²) in [7, 11) is -3.92. The van der Waals surface area contributed by atoms with Gasteiger partial charge < -0.3 is 15.7 Å². The van der Waals surface area contributed by atoms with Crippen LogP contribution in [-0.2, 0) is 27.8 Å². The van der Waals surface area contributed by atoms with Gasteiger partial charge >= 0.3 is 12.0 Å². The van der Waals surface area contributed by atoms with E-state index in [2.05, 4.69) is 15.4 Å². The van der Waals surface area contributed by atoms with Crippen molar-refractivity contribution in [1.29, 1.82) is 0 Å². The van der Waals surface area contributed by atoms with Crippen LogP contribution in [0.1, 0.15) is 11.1 Å². The van der Waals surface area contributed by atoms with Gasteiger partial charge in [0, 0.05) is 12.2 Å². The number of carbonyl (C=O) groups is 2. The minimum atomic E-state index is -3.92. The minimum absolute atomic E-state index is 0.0105. The number of rotatable bonds is 10. The topological polar surface area (TPSA) is 125 Å². The lowest BCUT2D eigenvalue weighted by atomic mass is 10.0. The average molecular weight is 536 g/mol. The van der Waals surface area contributed by atoms with Gasteiger partial charge in [0.2, 0.25) is 0 Å². The highest BCUT2D eigenvalue weighted by Crippen LogP contribution is 2.24. The van der Waals surface area contributed by atoms with Gasteiger partial charge in [-0.05, 0) is 52.3 Å². The molecule has 4 rings (SSSR count). The molecule has 0 aliphatic carbocycles. The summed E-state index contributed by atoms with van der Waals surface area (Å²) in [6.45, 7) is 0.411. The third-order valence-corrected chi connectivity index (χ3v) is 8.37. The summed E-state index contributed by atoms with van der Waals surface area (Å²) >= 11 is 1.02. The molecule has 1 unspecified atom stereocenters. The van der Waals surface area contributed by atoms with Crippen LogP contribution in [0.5, 0.6) is 0 Å². The number of benzene rings is 3. The predicted octanol–water partition coefficient (Wildman–Crippen LogP) is 4.71. The Balaban J connectivity index is 1.39. The summed E-state index contributed by atoms with van der Waals surface area (Å²) in [6.07, 6.45) is -0.0105. The molecule has 0 spiro atoms. The van der Waals surface area contributed by atoms with Crippen LogP contribution in [0, 0.1) is 0 Å². The molecule has 10 heteroatoms. The third-order valence-electron chi connectivity index (χ3n) is 5.50. The van der Waals surface area contributed by atoms with Crippen LogP contribution in [0.25, 0.3) is 11.1 Å². The number of nitrogens with one attached hydrogen (secondary N) is 3. The molecule has 0 aliphatic rings. The highest BCUT2D eigenvalue weighted by molar-refractivity contribution is 7.91. The van der Waals surface area contributed by atoms with Gasteiger partial charge in [0.05, 0.1) is 0 Å². The van der Waals surface area contributed by atoms with Gasteiger partial charge in [0.25, 0.3) is 10.0 Å². The van der Waals surface area contributed by atoms with Crippen molar-refractivity contribution in [3.05, 3.63) is 108 Å². The Bertz CT molecular complexity index is 1460. The second kappa shape index (κ2) is 11.8. The molecule has 2 amide bonds. The van der Waals surface area contributed by atoms with E-state index in [1.165, 1.54) is 6.07 Å². The van der Waals surface area contributed by atoms with Gasteiger partial charge in [-0.2, -0.15) is 4.72 Å². The van der Waals surface area contributed by atoms with Gasteiger partial charge in [-0.3, -0.25) is 4.79 Å². The second-order valence-corrected chi connectivity index (χ2v) is 11.1. The van der Waals surface area contributed by atoms with Crippen molar-refractivity contribution < 1.29 is 23.1 Å². The molecule has 0 fully saturated rings. The molecule has 1 atom stereocenters. The highest BCUT2D eigenvalue weighted by atomic mass is 32.2. The van der Waals surface area contributed by atoms with E-state index in [1.54, 1.807) is 29.6 Å². The maximum absolute atomic E-state index is 12.5. The van der Waals surface area contributed by atoms with Gasteiger partial charge in [-0.1, -0.05) is 72.8 Å². The fourth-order valence-corrected chi connectivity index (χ4v) is 5.84. The lowest BCUT2D eigenvalue weighted by Gasteiger charge is -2.14. The Hall–Kier alpha value is -3.99. The summed E-state index contributed by atoms with van der Waals surface area (Å²) in [5.74, 6) is -1.26. The molecule has 0 radical (unpaired) electrons. The summed E-state index contributed by atoms with van der Waals surface area (Å²) < 4.78 is 27.3. The number of anilines is 1. The SMILES string of the molecule is O=C(NCc1ccccc1)Nc1cccc(-c2ccc(CC(NS(=O)(=O)c3cccs3)C(=O)O)cc2)c1. The van der Waals surface area contributed by atoms with E-state index in [4.69, 9.17) is 0 Å². The fourth-order valence-electron chi connectivity index (χ4n) is 3.64. The molecular formula is C27H25N3O5S2. The molecule has 8 nitrogen and oxygen atoms in total. The molecule has 0 saturated carbocycles. The van der Waals surface area contributed by atoms with Crippen molar-refractivity contribution in [2.45, 2.75) is 23.2 Å². The van der Waals surface area contributed by atoms with Crippen LogP contribution < -0.4 is 15.4 Å². The van der Waals surface area contributed by atoms with Crippen molar-refractivity contribution >= 4 is 39.0 Å². The van der Waals surface area contributed by atoms with Crippen LogP contribution in [0.3, 0.4) is 0 Å². The predicted molar refractivity (Wildman–Crippen MR) is 144 cm³/mol. The van der Waals surface area contributed by atoms with Crippen molar-refractivity contribution in [2.24, 2.45) is 0 Å².